The summed E-state index contributed by atoms with van der Waals surface area (Å²) in [7, 11) is 0. The minimum absolute atomic E-state index is 0.0637. The zero-order valence-corrected chi connectivity index (χ0v) is 19.3. The SMILES string of the molecule is C=NC(=O)Cc1cc(N)c(-n2c(C)cnc(CCc3ccc4c(n3)C3CCC=C43)c2=O)nc1C. The zero-order chi connectivity index (χ0) is 24.0. The van der Waals surface area contributed by atoms with E-state index >= 15 is 0 Å². The monoisotopic (exact) mass is 454 g/mol. The molecular weight excluding hydrogens is 428 g/mol. The van der Waals surface area contributed by atoms with Gasteiger partial charge in [0.15, 0.2) is 5.82 Å². The Hall–Kier alpha value is -3.94. The number of nitrogen functional groups attached to an aromatic ring is 1. The van der Waals surface area contributed by atoms with Crippen LogP contribution in [0, 0.1) is 13.8 Å². The molecule has 2 aliphatic carbocycles. The van der Waals surface area contributed by atoms with Crippen LogP contribution in [0.4, 0.5) is 5.69 Å². The highest BCUT2D eigenvalue weighted by Gasteiger charge is 2.35. The van der Waals surface area contributed by atoms with Crippen molar-refractivity contribution in [3.05, 3.63) is 80.4 Å². The highest BCUT2D eigenvalue weighted by Crippen LogP contribution is 2.51. The highest BCUT2D eigenvalue weighted by atomic mass is 16.1. The van der Waals surface area contributed by atoms with Gasteiger partial charge in [-0.25, -0.2) is 9.98 Å². The van der Waals surface area contributed by atoms with Crippen LogP contribution in [0.3, 0.4) is 0 Å². The molecule has 0 saturated heterocycles. The number of anilines is 1. The van der Waals surface area contributed by atoms with Gasteiger partial charge in [0.2, 0.25) is 5.91 Å². The number of carbonyl (C=O) groups is 1. The number of allylic oxidation sites excluding steroid dienone is 2. The summed E-state index contributed by atoms with van der Waals surface area (Å²) in [5.74, 6) is 0.467. The fraction of sp³-hybridized carbons (Fsp3) is 0.308. The smallest absolute Gasteiger partial charge is 0.278 e. The van der Waals surface area contributed by atoms with Gasteiger partial charge in [-0.3, -0.25) is 24.1 Å². The maximum atomic E-state index is 13.4. The molecule has 8 nitrogen and oxygen atoms in total. The third-order valence-electron chi connectivity index (χ3n) is 6.70. The Morgan fingerprint density at radius 1 is 1.26 bits per heavy atom. The first kappa shape index (κ1) is 21.9. The lowest BCUT2D eigenvalue weighted by atomic mass is 9.78. The van der Waals surface area contributed by atoms with Gasteiger partial charge in [-0.15, -0.1) is 0 Å². The van der Waals surface area contributed by atoms with Crippen LogP contribution >= 0.6 is 0 Å². The van der Waals surface area contributed by atoms with Crippen LogP contribution in [0.15, 0.2) is 40.3 Å². The molecule has 0 aromatic carbocycles. The number of aromatic nitrogens is 4. The number of pyridine rings is 2. The first-order valence-electron chi connectivity index (χ1n) is 11.4. The van der Waals surface area contributed by atoms with Gasteiger partial charge in [0, 0.05) is 41.2 Å². The molecule has 0 bridgehead atoms. The maximum absolute atomic E-state index is 13.4. The third kappa shape index (κ3) is 3.65. The largest absolute Gasteiger partial charge is 0.396 e. The number of rotatable bonds is 6. The number of nitrogens with zero attached hydrogens (tertiary/aromatic N) is 5. The van der Waals surface area contributed by atoms with E-state index in [4.69, 9.17) is 10.7 Å². The van der Waals surface area contributed by atoms with E-state index in [-0.39, 0.29) is 17.9 Å². The quantitative estimate of drug-likeness (QED) is 0.572. The molecule has 0 fully saturated rings. The van der Waals surface area contributed by atoms with Gasteiger partial charge in [-0.2, -0.15) is 0 Å². The standard InChI is InChI=1S/C26H26N6O2/c1-14-13-29-22(10-8-17-7-9-20-18-5-4-6-19(18)24(20)31-17)26(34)32(14)25-21(27)11-16(15(2)30-25)12-23(33)28-3/h5,7,9,11,13,19H,3-4,6,8,10,12,27H2,1-2H3. The van der Waals surface area contributed by atoms with Gasteiger partial charge < -0.3 is 5.73 Å². The average molecular weight is 455 g/mol. The minimum atomic E-state index is -0.360. The third-order valence-corrected chi connectivity index (χ3v) is 6.70. The number of nitrogens with two attached hydrogens (primary N) is 1. The molecule has 172 valence electrons. The number of hydrogen-bond acceptors (Lipinski definition) is 6. The predicted octanol–water partition coefficient (Wildman–Crippen LogP) is 3.05. The summed E-state index contributed by atoms with van der Waals surface area (Å²) in [5.41, 5.74) is 13.5. The van der Waals surface area contributed by atoms with E-state index in [2.05, 4.69) is 33.8 Å². The van der Waals surface area contributed by atoms with E-state index in [1.165, 1.54) is 21.4 Å². The molecule has 2 aliphatic rings. The molecule has 5 rings (SSSR count). The van der Waals surface area contributed by atoms with E-state index < -0.39 is 0 Å². The Morgan fingerprint density at radius 3 is 2.88 bits per heavy atom. The molecule has 0 saturated carbocycles. The van der Waals surface area contributed by atoms with Crippen molar-refractivity contribution in [1.82, 2.24) is 19.5 Å². The first-order chi connectivity index (χ1) is 16.4. The molecule has 1 atom stereocenters. The van der Waals surface area contributed by atoms with E-state index in [0.29, 0.717) is 52.9 Å². The van der Waals surface area contributed by atoms with Crippen LogP contribution in [-0.2, 0) is 24.1 Å². The van der Waals surface area contributed by atoms with Crippen LogP contribution in [0.25, 0.3) is 11.4 Å². The fourth-order valence-corrected chi connectivity index (χ4v) is 4.86. The molecule has 3 aromatic rings. The summed E-state index contributed by atoms with van der Waals surface area (Å²) in [6, 6.07) is 5.86. The molecule has 1 unspecified atom stereocenters. The Bertz CT molecular complexity index is 1440. The van der Waals surface area contributed by atoms with Gasteiger partial charge in [-0.1, -0.05) is 12.1 Å². The molecule has 0 radical (unpaired) electrons. The molecule has 0 spiro atoms. The van der Waals surface area contributed by atoms with Crippen molar-refractivity contribution in [3.63, 3.8) is 0 Å². The van der Waals surface area contributed by atoms with Gasteiger partial charge in [-0.05, 0) is 63.1 Å². The summed E-state index contributed by atoms with van der Waals surface area (Å²) >= 11 is 0. The van der Waals surface area contributed by atoms with E-state index in [1.807, 2.05) is 6.07 Å². The van der Waals surface area contributed by atoms with E-state index in [0.717, 1.165) is 18.5 Å². The fourth-order valence-electron chi connectivity index (χ4n) is 4.86. The van der Waals surface area contributed by atoms with Crippen LogP contribution < -0.4 is 11.3 Å². The first-order valence-corrected chi connectivity index (χ1v) is 11.4. The molecule has 1 amide bonds. The molecule has 3 heterocycles. The highest BCUT2D eigenvalue weighted by molar-refractivity contribution is 5.84. The van der Waals surface area contributed by atoms with E-state index in [9.17, 15) is 9.59 Å². The number of aryl methyl sites for hydroxylation is 4. The number of aliphatic imine (C=N–C) groups is 1. The average Bonchev–Trinajstić information content (AvgIpc) is 3.24. The van der Waals surface area contributed by atoms with Crippen molar-refractivity contribution in [3.8, 4) is 5.82 Å². The summed E-state index contributed by atoms with van der Waals surface area (Å²) in [6.45, 7) is 6.83. The normalized spacial score (nSPS) is 15.8. The molecule has 0 aliphatic heterocycles. The second kappa shape index (κ2) is 8.44. The second-order valence-corrected chi connectivity index (χ2v) is 8.89. The lowest BCUT2D eigenvalue weighted by Crippen LogP contribution is -2.28. The van der Waals surface area contributed by atoms with Crippen LogP contribution in [-0.4, -0.2) is 32.1 Å². The van der Waals surface area contributed by atoms with Crippen molar-refractivity contribution in [1.29, 1.82) is 0 Å². The second-order valence-electron chi connectivity index (χ2n) is 8.89. The molecule has 34 heavy (non-hydrogen) atoms. The van der Waals surface area contributed by atoms with Crippen LogP contribution in [0.1, 0.15) is 58.4 Å². The van der Waals surface area contributed by atoms with Gasteiger partial charge in [0.25, 0.3) is 5.56 Å². The maximum Gasteiger partial charge on any atom is 0.278 e. The van der Waals surface area contributed by atoms with Gasteiger partial charge in [0.05, 0.1) is 17.8 Å². The summed E-state index contributed by atoms with van der Waals surface area (Å²) in [6.07, 6.45) is 7.40. The number of hydrogen-bond donors (Lipinski definition) is 1. The van der Waals surface area contributed by atoms with E-state index in [1.54, 1.807) is 26.1 Å². The van der Waals surface area contributed by atoms with Crippen molar-refractivity contribution in [2.45, 2.75) is 51.9 Å². The summed E-state index contributed by atoms with van der Waals surface area (Å²) in [5, 5.41) is 0. The Labute approximate surface area is 197 Å². The van der Waals surface area contributed by atoms with Crippen molar-refractivity contribution < 1.29 is 4.79 Å². The lowest BCUT2D eigenvalue weighted by molar-refractivity contribution is -0.117. The summed E-state index contributed by atoms with van der Waals surface area (Å²) < 4.78 is 1.49. The van der Waals surface area contributed by atoms with Gasteiger partial charge in [0.1, 0.15) is 5.69 Å². The van der Waals surface area contributed by atoms with Crippen molar-refractivity contribution in [2.24, 2.45) is 4.99 Å². The number of amides is 1. The molecule has 2 N–H and O–H groups in total. The number of carbonyl (C=O) groups excluding carboxylic acids is 1. The lowest BCUT2D eigenvalue weighted by Gasteiger charge is -2.29. The molecular formula is C26H26N6O2. The van der Waals surface area contributed by atoms with Crippen LogP contribution in [0.5, 0.6) is 0 Å². The Morgan fingerprint density at radius 2 is 2.09 bits per heavy atom. The number of fused-ring (bicyclic) bond motifs is 4. The van der Waals surface area contributed by atoms with Crippen molar-refractivity contribution >= 4 is 23.9 Å². The summed E-state index contributed by atoms with van der Waals surface area (Å²) in [4.78, 5) is 42.3. The Kier molecular flexibility index (Phi) is 5.43. The zero-order valence-electron chi connectivity index (χ0n) is 19.3. The molecule has 8 heteroatoms. The Balaban J connectivity index is 1.42. The predicted molar refractivity (Wildman–Crippen MR) is 131 cm³/mol. The van der Waals surface area contributed by atoms with Crippen molar-refractivity contribution in [2.75, 3.05) is 5.73 Å². The minimum Gasteiger partial charge on any atom is -0.396 e. The topological polar surface area (TPSA) is 116 Å². The van der Waals surface area contributed by atoms with Gasteiger partial charge >= 0.3 is 0 Å². The van der Waals surface area contributed by atoms with Crippen LogP contribution in [0.2, 0.25) is 0 Å². The molecule has 3 aromatic heterocycles.